The fourth-order valence-electron chi connectivity index (χ4n) is 1.84. The standard InChI is InChI=1S/C14H22O2/c1-12-6-8-13(9-7-12)14(11-15)5-3-4-10-16-2/h6-9,14-15H,3-5,10-11H2,1-2H3. The van der Waals surface area contributed by atoms with Crippen LogP contribution >= 0.6 is 0 Å². The van der Waals surface area contributed by atoms with Gasteiger partial charge in [-0.05, 0) is 25.3 Å². The average Bonchev–Trinajstić information content (AvgIpc) is 2.31. The van der Waals surface area contributed by atoms with Crippen LogP contribution in [-0.2, 0) is 4.74 Å². The Labute approximate surface area is 98.3 Å². The van der Waals surface area contributed by atoms with E-state index in [0.717, 1.165) is 25.9 Å². The Bertz CT molecular complexity index is 279. The highest BCUT2D eigenvalue weighted by atomic mass is 16.5. The third kappa shape index (κ3) is 4.33. The van der Waals surface area contributed by atoms with E-state index in [4.69, 9.17) is 4.74 Å². The van der Waals surface area contributed by atoms with Gasteiger partial charge in [0.05, 0.1) is 0 Å². The van der Waals surface area contributed by atoms with Gasteiger partial charge >= 0.3 is 0 Å². The summed E-state index contributed by atoms with van der Waals surface area (Å²) in [7, 11) is 1.73. The molecule has 0 amide bonds. The summed E-state index contributed by atoms with van der Waals surface area (Å²) in [4.78, 5) is 0. The minimum atomic E-state index is 0.232. The predicted octanol–water partition coefficient (Wildman–Crippen LogP) is 2.89. The molecule has 0 fully saturated rings. The number of aryl methyl sites for hydroxylation is 1. The lowest BCUT2D eigenvalue weighted by molar-refractivity contribution is 0.188. The van der Waals surface area contributed by atoms with Crippen LogP contribution < -0.4 is 0 Å². The van der Waals surface area contributed by atoms with E-state index < -0.39 is 0 Å². The smallest absolute Gasteiger partial charge is 0.0499 e. The number of ether oxygens (including phenoxy) is 1. The van der Waals surface area contributed by atoms with E-state index >= 15 is 0 Å². The number of aliphatic hydroxyl groups is 1. The van der Waals surface area contributed by atoms with Gasteiger partial charge in [0.2, 0.25) is 0 Å². The van der Waals surface area contributed by atoms with Crippen molar-refractivity contribution in [2.24, 2.45) is 0 Å². The maximum atomic E-state index is 9.37. The molecular formula is C14H22O2. The summed E-state index contributed by atoms with van der Waals surface area (Å²) in [6, 6.07) is 8.44. The Morgan fingerprint density at radius 2 is 1.88 bits per heavy atom. The summed E-state index contributed by atoms with van der Waals surface area (Å²) in [6.07, 6.45) is 3.20. The van der Waals surface area contributed by atoms with Crippen LogP contribution in [0.5, 0.6) is 0 Å². The van der Waals surface area contributed by atoms with Gasteiger partial charge < -0.3 is 9.84 Å². The van der Waals surface area contributed by atoms with Crippen molar-refractivity contribution in [2.45, 2.75) is 32.1 Å². The van der Waals surface area contributed by atoms with E-state index in [1.54, 1.807) is 7.11 Å². The van der Waals surface area contributed by atoms with Crippen molar-refractivity contribution in [3.8, 4) is 0 Å². The van der Waals surface area contributed by atoms with Gasteiger partial charge in [-0.15, -0.1) is 0 Å². The molecule has 0 bridgehead atoms. The number of aliphatic hydroxyl groups excluding tert-OH is 1. The Morgan fingerprint density at radius 1 is 1.19 bits per heavy atom. The molecule has 2 heteroatoms. The third-order valence-corrected chi connectivity index (χ3v) is 2.92. The van der Waals surface area contributed by atoms with Crippen molar-refractivity contribution in [3.63, 3.8) is 0 Å². The first-order valence-electron chi connectivity index (χ1n) is 5.94. The van der Waals surface area contributed by atoms with Gasteiger partial charge in [0.25, 0.3) is 0 Å². The van der Waals surface area contributed by atoms with Gasteiger partial charge in [0.1, 0.15) is 0 Å². The Hall–Kier alpha value is -0.860. The lowest BCUT2D eigenvalue weighted by Gasteiger charge is -2.14. The molecule has 0 radical (unpaired) electrons. The lowest BCUT2D eigenvalue weighted by Crippen LogP contribution is -2.04. The first kappa shape index (κ1) is 13.2. The Morgan fingerprint density at radius 3 is 2.44 bits per heavy atom. The molecule has 0 saturated carbocycles. The van der Waals surface area contributed by atoms with Crippen LogP contribution in [0.1, 0.15) is 36.3 Å². The molecule has 0 aromatic heterocycles. The molecule has 1 unspecified atom stereocenters. The number of benzene rings is 1. The van der Waals surface area contributed by atoms with Crippen molar-refractivity contribution in [1.29, 1.82) is 0 Å². The molecule has 0 aliphatic rings. The Balaban J connectivity index is 2.44. The van der Waals surface area contributed by atoms with Crippen molar-refractivity contribution in [3.05, 3.63) is 35.4 Å². The predicted molar refractivity (Wildman–Crippen MR) is 66.7 cm³/mol. The van der Waals surface area contributed by atoms with E-state index in [-0.39, 0.29) is 12.5 Å². The summed E-state index contributed by atoms with van der Waals surface area (Å²) in [6.45, 7) is 3.12. The van der Waals surface area contributed by atoms with Gasteiger partial charge in [0, 0.05) is 26.2 Å². The van der Waals surface area contributed by atoms with Crippen molar-refractivity contribution < 1.29 is 9.84 Å². The number of hydrogen-bond donors (Lipinski definition) is 1. The summed E-state index contributed by atoms with van der Waals surface area (Å²) < 4.78 is 5.02. The Kier molecular flexibility index (Phi) is 6.12. The summed E-state index contributed by atoms with van der Waals surface area (Å²) >= 11 is 0. The first-order valence-corrected chi connectivity index (χ1v) is 5.94. The number of hydrogen-bond acceptors (Lipinski definition) is 2. The fraction of sp³-hybridized carbons (Fsp3) is 0.571. The van der Waals surface area contributed by atoms with Crippen LogP contribution in [0.4, 0.5) is 0 Å². The van der Waals surface area contributed by atoms with Crippen LogP contribution in [0.3, 0.4) is 0 Å². The highest BCUT2D eigenvalue weighted by Crippen LogP contribution is 2.21. The largest absolute Gasteiger partial charge is 0.396 e. The van der Waals surface area contributed by atoms with Crippen LogP contribution in [0.15, 0.2) is 24.3 Å². The van der Waals surface area contributed by atoms with Crippen LogP contribution in [0.25, 0.3) is 0 Å². The minimum Gasteiger partial charge on any atom is -0.396 e. The number of unbranched alkanes of at least 4 members (excludes halogenated alkanes) is 1. The lowest BCUT2D eigenvalue weighted by atomic mass is 9.94. The fourth-order valence-corrected chi connectivity index (χ4v) is 1.84. The SMILES string of the molecule is COCCCCC(CO)c1ccc(C)cc1. The van der Waals surface area contributed by atoms with Gasteiger partial charge in [-0.3, -0.25) is 0 Å². The quantitative estimate of drug-likeness (QED) is 0.719. The average molecular weight is 222 g/mol. The van der Waals surface area contributed by atoms with Crippen LogP contribution in [0.2, 0.25) is 0 Å². The zero-order valence-corrected chi connectivity index (χ0v) is 10.3. The second-order valence-electron chi connectivity index (χ2n) is 4.28. The molecule has 2 nitrogen and oxygen atoms in total. The third-order valence-electron chi connectivity index (χ3n) is 2.92. The second-order valence-corrected chi connectivity index (χ2v) is 4.28. The summed E-state index contributed by atoms with van der Waals surface area (Å²) in [5.41, 5.74) is 2.50. The van der Waals surface area contributed by atoms with Gasteiger partial charge in [0.15, 0.2) is 0 Å². The molecule has 90 valence electrons. The monoisotopic (exact) mass is 222 g/mol. The second kappa shape index (κ2) is 7.42. The molecule has 1 N–H and O–H groups in total. The van der Waals surface area contributed by atoms with Crippen LogP contribution in [0, 0.1) is 6.92 Å². The zero-order chi connectivity index (χ0) is 11.8. The van der Waals surface area contributed by atoms with E-state index in [9.17, 15) is 5.11 Å². The molecule has 0 aliphatic carbocycles. The topological polar surface area (TPSA) is 29.5 Å². The maximum absolute atomic E-state index is 9.37. The molecule has 0 saturated heterocycles. The van der Waals surface area contributed by atoms with Crippen LogP contribution in [-0.4, -0.2) is 25.4 Å². The molecule has 0 spiro atoms. The summed E-state index contributed by atoms with van der Waals surface area (Å²) in [5.74, 6) is 0.275. The molecular weight excluding hydrogens is 200 g/mol. The molecule has 0 heterocycles. The van der Waals surface area contributed by atoms with Gasteiger partial charge in [-0.1, -0.05) is 36.2 Å². The molecule has 16 heavy (non-hydrogen) atoms. The minimum absolute atomic E-state index is 0.232. The van der Waals surface area contributed by atoms with E-state index in [1.807, 2.05) is 0 Å². The first-order chi connectivity index (χ1) is 7.77. The molecule has 0 aliphatic heterocycles. The molecule has 1 atom stereocenters. The van der Waals surface area contributed by atoms with Crippen molar-refractivity contribution in [2.75, 3.05) is 20.3 Å². The zero-order valence-electron chi connectivity index (χ0n) is 10.3. The van der Waals surface area contributed by atoms with Gasteiger partial charge in [-0.2, -0.15) is 0 Å². The van der Waals surface area contributed by atoms with E-state index in [2.05, 4.69) is 31.2 Å². The normalized spacial score (nSPS) is 12.7. The molecule has 1 rings (SSSR count). The molecule has 1 aromatic rings. The van der Waals surface area contributed by atoms with Crippen molar-refractivity contribution in [1.82, 2.24) is 0 Å². The summed E-state index contributed by atoms with van der Waals surface area (Å²) in [5, 5.41) is 9.37. The van der Waals surface area contributed by atoms with E-state index in [1.165, 1.54) is 11.1 Å². The van der Waals surface area contributed by atoms with E-state index in [0.29, 0.717) is 0 Å². The highest BCUT2D eigenvalue weighted by Gasteiger charge is 2.09. The highest BCUT2D eigenvalue weighted by molar-refractivity contribution is 5.24. The maximum Gasteiger partial charge on any atom is 0.0499 e. The van der Waals surface area contributed by atoms with Gasteiger partial charge in [-0.25, -0.2) is 0 Å². The van der Waals surface area contributed by atoms with Crippen molar-refractivity contribution >= 4 is 0 Å². The molecule has 1 aromatic carbocycles. The number of rotatable bonds is 7. The number of methoxy groups -OCH3 is 1.